The van der Waals surface area contributed by atoms with Crippen molar-refractivity contribution in [3.8, 4) is 11.3 Å². The highest BCUT2D eigenvalue weighted by Crippen LogP contribution is 2.26. The first-order valence-electron chi connectivity index (χ1n) is 7.92. The molecule has 0 aliphatic heterocycles. The summed E-state index contributed by atoms with van der Waals surface area (Å²) in [6, 6.07) is 11.1. The van der Waals surface area contributed by atoms with Crippen molar-refractivity contribution in [3.63, 3.8) is 0 Å². The van der Waals surface area contributed by atoms with Crippen molar-refractivity contribution in [2.24, 2.45) is 0 Å². The summed E-state index contributed by atoms with van der Waals surface area (Å²) < 4.78 is 19.9. The van der Waals surface area contributed by atoms with Crippen LogP contribution in [0, 0.1) is 5.82 Å². The number of hydrogen-bond acceptors (Lipinski definition) is 6. The van der Waals surface area contributed by atoms with E-state index >= 15 is 0 Å². The van der Waals surface area contributed by atoms with E-state index in [4.69, 9.17) is 4.42 Å². The number of nitrogens with zero attached hydrogens (tertiary/aromatic N) is 4. The molecule has 1 N–H and O–H groups in total. The molecule has 0 aliphatic carbocycles. The largest absolute Gasteiger partial charge is 0.443 e. The molecule has 0 saturated carbocycles. The van der Waals surface area contributed by atoms with Gasteiger partial charge < -0.3 is 4.42 Å². The monoisotopic (exact) mass is 379 g/mol. The van der Waals surface area contributed by atoms with Gasteiger partial charge in [-0.2, -0.15) is 4.98 Å². The van der Waals surface area contributed by atoms with Crippen molar-refractivity contribution in [2.75, 3.05) is 5.32 Å². The summed E-state index contributed by atoms with van der Waals surface area (Å²) in [5.41, 5.74) is 3.21. The maximum absolute atomic E-state index is 13.1. The fourth-order valence-corrected chi connectivity index (χ4v) is 3.56. The van der Waals surface area contributed by atoms with Gasteiger partial charge in [-0.3, -0.25) is 10.1 Å². The van der Waals surface area contributed by atoms with Gasteiger partial charge in [0.1, 0.15) is 11.3 Å². The highest BCUT2D eigenvalue weighted by Gasteiger charge is 2.15. The van der Waals surface area contributed by atoms with E-state index < -0.39 is 0 Å². The molecule has 3 heterocycles. The highest BCUT2D eigenvalue weighted by atomic mass is 32.1. The molecule has 0 fully saturated rings. The van der Waals surface area contributed by atoms with Gasteiger partial charge in [-0.15, -0.1) is 16.4 Å². The minimum atomic E-state index is -0.346. The highest BCUT2D eigenvalue weighted by molar-refractivity contribution is 7.15. The number of amides is 1. The molecule has 7 nitrogen and oxygen atoms in total. The maximum Gasteiger partial charge on any atom is 0.258 e. The average Bonchev–Trinajstić information content (AvgIpc) is 3.37. The van der Waals surface area contributed by atoms with Crippen LogP contribution in [0.5, 0.6) is 0 Å². The van der Waals surface area contributed by atoms with Gasteiger partial charge in [0.15, 0.2) is 12.0 Å². The van der Waals surface area contributed by atoms with Gasteiger partial charge in [-0.1, -0.05) is 0 Å². The maximum atomic E-state index is 13.1. The van der Waals surface area contributed by atoms with Crippen LogP contribution in [0.2, 0.25) is 0 Å². The predicted octanol–water partition coefficient (Wildman–Crippen LogP) is 3.99. The number of fused-ring (bicyclic) bond motifs is 2. The molecule has 0 unspecified atom stereocenters. The van der Waals surface area contributed by atoms with Crippen LogP contribution in [0.25, 0.3) is 27.3 Å². The summed E-state index contributed by atoms with van der Waals surface area (Å²) in [5.74, 6) is -0.460. The second-order valence-corrected chi connectivity index (χ2v) is 6.58. The van der Waals surface area contributed by atoms with E-state index in [0.717, 1.165) is 11.3 Å². The SMILES string of the molecule is O=C(Nc1nc2scc(-c3ccc(F)cc3)n2n1)c1ccc2ocnc2c1. The third kappa shape index (κ3) is 2.74. The van der Waals surface area contributed by atoms with Crippen molar-refractivity contribution < 1.29 is 13.6 Å². The number of oxazole rings is 1. The topological polar surface area (TPSA) is 85.3 Å². The summed E-state index contributed by atoms with van der Waals surface area (Å²) >= 11 is 1.38. The fourth-order valence-electron chi connectivity index (χ4n) is 2.73. The Bertz CT molecular complexity index is 1290. The number of halogens is 1. The first kappa shape index (κ1) is 15.6. The Labute approximate surface area is 155 Å². The van der Waals surface area contributed by atoms with E-state index in [1.165, 1.54) is 29.9 Å². The second kappa shape index (κ2) is 5.99. The van der Waals surface area contributed by atoms with Crippen LogP contribution in [0.4, 0.5) is 10.3 Å². The van der Waals surface area contributed by atoms with Crippen molar-refractivity contribution in [2.45, 2.75) is 0 Å². The number of thiazole rings is 1. The molecule has 2 aromatic carbocycles. The molecule has 5 aromatic rings. The van der Waals surface area contributed by atoms with Gasteiger partial charge in [-0.25, -0.2) is 13.9 Å². The van der Waals surface area contributed by atoms with Crippen LogP contribution in [0.3, 0.4) is 0 Å². The molecule has 0 aliphatic rings. The first-order valence-corrected chi connectivity index (χ1v) is 8.80. The standard InChI is InChI=1S/C18H10FN5O2S/c19-12-4-1-10(2-5-12)14-8-27-18-22-17(23-24(14)18)21-16(25)11-3-6-15-13(7-11)20-9-26-15/h1-9H,(H,21,23,25). The molecule has 0 saturated heterocycles. The van der Waals surface area contributed by atoms with Crippen LogP contribution in [-0.4, -0.2) is 25.5 Å². The lowest BCUT2D eigenvalue weighted by atomic mass is 10.2. The molecule has 3 aromatic heterocycles. The lowest BCUT2D eigenvalue weighted by molar-refractivity contribution is 0.102. The van der Waals surface area contributed by atoms with E-state index in [1.807, 2.05) is 5.38 Å². The lowest BCUT2D eigenvalue weighted by Gasteiger charge is -2.01. The minimum Gasteiger partial charge on any atom is -0.443 e. The quantitative estimate of drug-likeness (QED) is 0.512. The molecular weight excluding hydrogens is 369 g/mol. The summed E-state index contributed by atoms with van der Waals surface area (Å²) in [5, 5.41) is 8.91. The normalized spacial score (nSPS) is 11.3. The first-order chi connectivity index (χ1) is 13.2. The van der Waals surface area contributed by atoms with E-state index in [-0.39, 0.29) is 17.7 Å². The van der Waals surface area contributed by atoms with Gasteiger partial charge in [0.25, 0.3) is 11.9 Å². The molecule has 5 rings (SSSR count). The van der Waals surface area contributed by atoms with Crippen LogP contribution in [0.1, 0.15) is 10.4 Å². The third-order valence-corrected chi connectivity index (χ3v) is 4.86. The van der Waals surface area contributed by atoms with Crippen LogP contribution in [0.15, 0.2) is 58.7 Å². The number of anilines is 1. The lowest BCUT2D eigenvalue weighted by Crippen LogP contribution is -2.13. The average molecular weight is 379 g/mol. The zero-order valence-corrected chi connectivity index (χ0v) is 14.4. The summed E-state index contributed by atoms with van der Waals surface area (Å²) in [4.78, 5) is 21.5. The number of carbonyl (C=O) groups excluding carboxylic acids is 1. The Kier molecular flexibility index (Phi) is 3.47. The second-order valence-electron chi connectivity index (χ2n) is 5.75. The van der Waals surface area contributed by atoms with E-state index in [2.05, 4.69) is 20.4 Å². The smallest absolute Gasteiger partial charge is 0.258 e. The predicted molar refractivity (Wildman–Crippen MR) is 98.2 cm³/mol. The number of hydrogen-bond donors (Lipinski definition) is 1. The molecule has 0 atom stereocenters. The molecule has 0 radical (unpaired) electrons. The molecule has 9 heteroatoms. The molecule has 0 spiro atoms. The van der Waals surface area contributed by atoms with Crippen molar-refractivity contribution in [1.82, 2.24) is 19.6 Å². The Morgan fingerprint density at radius 3 is 2.89 bits per heavy atom. The van der Waals surface area contributed by atoms with Gasteiger partial charge >= 0.3 is 0 Å². The third-order valence-electron chi connectivity index (χ3n) is 4.04. The fraction of sp³-hybridized carbons (Fsp3) is 0. The molecule has 132 valence electrons. The molecular formula is C18H10FN5O2S. The van der Waals surface area contributed by atoms with Gasteiger partial charge in [-0.05, 0) is 42.5 Å². The Morgan fingerprint density at radius 2 is 2.04 bits per heavy atom. The number of nitrogens with one attached hydrogen (secondary N) is 1. The van der Waals surface area contributed by atoms with Gasteiger partial charge in [0.2, 0.25) is 4.96 Å². The summed E-state index contributed by atoms with van der Waals surface area (Å²) in [7, 11) is 0. The van der Waals surface area contributed by atoms with E-state index in [0.29, 0.717) is 21.6 Å². The molecule has 27 heavy (non-hydrogen) atoms. The van der Waals surface area contributed by atoms with Gasteiger partial charge in [0, 0.05) is 16.5 Å². The number of aromatic nitrogens is 4. The van der Waals surface area contributed by atoms with Crippen molar-refractivity contribution in [1.29, 1.82) is 0 Å². The van der Waals surface area contributed by atoms with Gasteiger partial charge in [0.05, 0.1) is 5.69 Å². The van der Waals surface area contributed by atoms with Crippen LogP contribution < -0.4 is 5.32 Å². The number of benzene rings is 2. The van der Waals surface area contributed by atoms with Crippen LogP contribution in [-0.2, 0) is 0 Å². The van der Waals surface area contributed by atoms with E-state index in [9.17, 15) is 9.18 Å². The number of rotatable bonds is 3. The Balaban J connectivity index is 1.45. The zero-order chi connectivity index (χ0) is 18.4. The van der Waals surface area contributed by atoms with E-state index in [1.54, 1.807) is 34.8 Å². The molecule has 1 amide bonds. The minimum absolute atomic E-state index is 0.190. The van der Waals surface area contributed by atoms with Crippen molar-refractivity contribution in [3.05, 3.63) is 65.6 Å². The number of carbonyl (C=O) groups is 1. The Hall–Kier alpha value is -3.59. The van der Waals surface area contributed by atoms with Crippen LogP contribution >= 0.6 is 11.3 Å². The summed E-state index contributed by atoms with van der Waals surface area (Å²) in [6.07, 6.45) is 1.33. The summed E-state index contributed by atoms with van der Waals surface area (Å²) in [6.45, 7) is 0. The zero-order valence-electron chi connectivity index (χ0n) is 13.6. The van der Waals surface area contributed by atoms with Crippen molar-refractivity contribution >= 4 is 39.3 Å². The molecule has 0 bridgehead atoms. The Morgan fingerprint density at radius 1 is 1.19 bits per heavy atom.